The number of rotatable bonds is 3. The van der Waals surface area contributed by atoms with Gasteiger partial charge in [0.25, 0.3) is 0 Å². The van der Waals surface area contributed by atoms with Crippen LogP contribution in [0.5, 0.6) is 0 Å². The molecule has 1 aliphatic carbocycles. The summed E-state index contributed by atoms with van der Waals surface area (Å²) in [4.78, 5) is 6.85. The Labute approximate surface area is 145 Å². The van der Waals surface area contributed by atoms with Crippen LogP contribution in [0.1, 0.15) is 29.9 Å². The lowest BCUT2D eigenvalue weighted by atomic mass is 9.83. The number of benzene rings is 2. The molecule has 0 radical (unpaired) electrons. The number of sulfone groups is 1. The maximum Gasteiger partial charge on any atom is 0.208 e. The second kappa shape index (κ2) is 5.93. The van der Waals surface area contributed by atoms with Crippen LogP contribution in [0.15, 0.2) is 46.5 Å². The van der Waals surface area contributed by atoms with Gasteiger partial charge in [-0.3, -0.25) is 0 Å². The van der Waals surface area contributed by atoms with Crippen LogP contribution in [0, 0.1) is 5.82 Å². The lowest BCUT2D eigenvalue weighted by Gasteiger charge is -2.24. The second-order valence-corrected chi connectivity index (χ2v) is 8.31. The molecule has 1 aliphatic rings. The van der Waals surface area contributed by atoms with Crippen molar-refractivity contribution in [1.29, 1.82) is 0 Å². The summed E-state index contributed by atoms with van der Waals surface area (Å²) in [5, 5.41) is 0. The maximum atomic E-state index is 13.9. The van der Waals surface area contributed by atoms with Gasteiger partial charge in [-0.1, -0.05) is 6.07 Å². The molecular weight excluding hydrogens is 341 g/mol. The van der Waals surface area contributed by atoms with E-state index in [1.807, 2.05) is 6.07 Å². The van der Waals surface area contributed by atoms with Crippen molar-refractivity contribution in [1.82, 2.24) is 9.97 Å². The van der Waals surface area contributed by atoms with Crippen molar-refractivity contribution in [3.05, 3.63) is 53.6 Å². The van der Waals surface area contributed by atoms with Crippen molar-refractivity contribution in [2.75, 3.05) is 6.54 Å². The van der Waals surface area contributed by atoms with E-state index in [9.17, 15) is 12.8 Å². The Balaban J connectivity index is 1.87. The first-order valence-corrected chi connectivity index (χ1v) is 9.69. The van der Waals surface area contributed by atoms with Gasteiger partial charge in [-0.2, -0.15) is 0 Å². The predicted molar refractivity (Wildman–Crippen MR) is 92.7 cm³/mol. The summed E-state index contributed by atoms with van der Waals surface area (Å²) >= 11 is 0. The molecule has 0 amide bonds. The van der Waals surface area contributed by atoms with E-state index in [4.69, 9.17) is 5.73 Å². The van der Waals surface area contributed by atoms with E-state index in [1.165, 1.54) is 12.4 Å². The molecule has 3 N–H and O–H groups in total. The average molecular weight is 359 g/mol. The fourth-order valence-electron chi connectivity index (χ4n) is 3.62. The number of nitrogens with zero attached hydrogens (tertiary/aromatic N) is 1. The van der Waals surface area contributed by atoms with Crippen LogP contribution in [-0.2, 0) is 16.3 Å². The molecule has 2 aromatic carbocycles. The molecule has 4 rings (SSSR count). The van der Waals surface area contributed by atoms with Crippen LogP contribution >= 0.6 is 0 Å². The molecule has 1 aromatic heterocycles. The van der Waals surface area contributed by atoms with Gasteiger partial charge in [0.1, 0.15) is 16.2 Å². The minimum absolute atomic E-state index is 0.116. The predicted octanol–water partition coefficient (Wildman–Crippen LogP) is 2.91. The van der Waals surface area contributed by atoms with Gasteiger partial charge in [0.2, 0.25) is 9.84 Å². The van der Waals surface area contributed by atoms with Gasteiger partial charge >= 0.3 is 0 Å². The smallest absolute Gasteiger partial charge is 0.208 e. The summed E-state index contributed by atoms with van der Waals surface area (Å²) in [5.41, 5.74) is 8.57. The van der Waals surface area contributed by atoms with Gasteiger partial charge in [0.15, 0.2) is 0 Å². The Kier molecular flexibility index (Phi) is 3.85. The summed E-state index contributed by atoms with van der Waals surface area (Å²) in [6.07, 6.45) is 4.20. The minimum Gasteiger partial charge on any atom is -0.344 e. The summed E-state index contributed by atoms with van der Waals surface area (Å²) in [6.45, 7) is 0.552. The number of aromatic nitrogens is 2. The summed E-state index contributed by atoms with van der Waals surface area (Å²) in [7, 11) is -3.87. The molecule has 5 nitrogen and oxygen atoms in total. The molecule has 1 heterocycles. The van der Waals surface area contributed by atoms with Crippen LogP contribution in [-0.4, -0.2) is 24.9 Å². The average Bonchev–Trinajstić information content (AvgIpc) is 3.07. The largest absolute Gasteiger partial charge is 0.344 e. The maximum absolute atomic E-state index is 13.9. The number of imidazole rings is 1. The number of H-pyrrole nitrogens is 1. The number of aromatic amines is 1. The number of hydrogen-bond donors (Lipinski definition) is 2. The van der Waals surface area contributed by atoms with E-state index in [2.05, 4.69) is 9.97 Å². The molecule has 0 aliphatic heterocycles. The highest BCUT2D eigenvalue weighted by molar-refractivity contribution is 7.91. The number of halogens is 1. The third kappa shape index (κ3) is 2.63. The van der Waals surface area contributed by atoms with Crippen molar-refractivity contribution in [2.45, 2.75) is 35.0 Å². The fourth-order valence-corrected chi connectivity index (χ4v) is 5.10. The highest BCUT2D eigenvalue weighted by atomic mass is 32.2. The van der Waals surface area contributed by atoms with Crippen LogP contribution in [0.4, 0.5) is 4.39 Å². The van der Waals surface area contributed by atoms with Gasteiger partial charge in [0.05, 0.1) is 16.7 Å². The first-order chi connectivity index (χ1) is 12.0. The minimum atomic E-state index is -3.87. The standard InChI is InChI=1S/C18H18FN3O2S/c19-13-7-16-18(22-10-21-16)17(8-13)25(23,24)14-4-5-15-11(6-14)2-1-3-12(15)9-20/h4-8,10,12H,1-3,9,20H2,(H,21,22)/t12-/m0/s1. The Morgan fingerprint density at radius 2 is 2.12 bits per heavy atom. The van der Waals surface area contributed by atoms with Crippen LogP contribution < -0.4 is 5.73 Å². The lowest BCUT2D eigenvalue weighted by molar-refractivity contribution is 0.558. The summed E-state index contributed by atoms with van der Waals surface area (Å²) in [6, 6.07) is 7.40. The molecule has 0 saturated carbocycles. The molecule has 1 atom stereocenters. The normalized spacial score (nSPS) is 17.6. The number of aryl methyl sites for hydroxylation is 1. The zero-order chi connectivity index (χ0) is 17.6. The van der Waals surface area contributed by atoms with Gasteiger partial charge in [-0.15, -0.1) is 0 Å². The van der Waals surface area contributed by atoms with Crippen molar-refractivity contribution in [3.63, 3.8) is 0 Å². The Bertz CT molecular complexity index is 1060. The highest BCUT2D eigenvalue weighted by Gasteiger charge is 2.26. The van der Waals surface area contributed by atoms with E-state index < -0.39 is 15.7 Å². The molecule has 0 bridgehead atoms. The third-order valence-corrected chi connectivity index (χ3v) is 6.66. The Morgan fingerprint density at radius 1 is 1.28 bits per heavy atom. The van der Waals surface area contributed by atoms with Crippen LogP contribution in [0.2, 0.25) is 0 Å². The van der Waals surface area contributed by atoms with Crippen LogP contribution in [0.25, 0.3) is 11.0 Å². The van der Waals surface area contributed by atoms with Gasteiger partial charge in [-0.25, -0.2) is 17.8 Å². The topological polar surface area (TPSA) is 88.8 Å². The number of nitrogens with two attached hydrogens (primary N) is 1. The quantitative estimate of drug-likeness (QED) is 0.752. The molecule has 0 spiro atoms. The van der Waals surface area contributed by atoms with Crippen molar-refractivity contribution < 1.29 is 12.8 Å². The van der Waals surface area contributed by atoms with E-state index in [1.54, 1.807) is 12.1 Å². The summed E-state index contributed by atoms with van der Waals surface area (Å²) < 4.78 is 40.0. The lowest BCUT2D eigenvalue weighted by Crippen LogP contribution is -2.18. The van der Waals surface area contributed by atoms with Gasteiger partial charge < -0.3 is 10.7 Å². The molecule has 0 saturated heterocycles. The first-order valence-electron chi connectivity index (χ1n) is 8.21. The van der Waals surface area contributed by atoms with Gasteiger partial charge in [-0.05, 0) is 67.1 Å². The van der Waals surface area contributed by atoms with E-state index >= 15 is 0 Å². The molecule has 130 valence electrons. The molecular formula is C18H18FN3O2S. The zero-order valence-electron chi connectivity index (χ0n) is 13.5. The highest BCUT2D eigenvalue weighted by Crippen LogP contribution is 2.34. The Hall–Kier alpha value is -2.25. The van der Waals surface area contributed by atoms with E-state index in [0.29, 0.717) is 12.1 Å². The number of fused-ring (bicyclic) bond motifs is 2. The zero-order valence-corrected chi connectivity index (χ0v) is 14.3. The fraction of sp³-hybridized carbons (Fsp3) is 0.278. The number of hydrogen-bond acceptors (Lipinski definition) is 4. The van der Waals surface area contributed by atoms with E-state index in [0.717, 1.165) is 36.5 Å². The number of nitrogens with one attached hydrogen (secondary N) is 1. The first kappa shape index (κ1) is 16.2. The SMILES string of the molecule is NC[C@@H]1CCCc2cc(S(=O)(=O)c3cc(F)cc4[nH]cnc34)ccc21. The van der Waals surface area contributed by atoms with Crippen molar-refractivity contribution >= 4 is 20.9 Å². The molecule has 0 fully saturated rings. The Morgan fingerprint density at radius 3 is 2.92 bits per heavy atom. The third-order valence-electron chi connectivity index (χ3n) is 4.89. The van der Waals surface area contributed by atoms with E-state index in [-0.39, 0.29) is 21.2 Å². The monoisotopic (exact) mass is 359 g/mol. The van der Waals surface area contributed by atoms with Crippen molar-refractivity contribution in [2.24, 2.45) is 5.73 Å². The molecule has 3 aromatic rings. The van der Waals surface area contributed by atoms with Crippen molar-refractivity contribution in [3.8, 4) is 0 Å². The molecule has 0 unspecified atom stereocenters. The summed E-state index contributed by atoms with van der Waals surface area (Å²) in [5.74, 6) is -0.343. The van der Waals surface area contributed by atoms with Crippen LogP contribution in [0.3, 0.4) is 0 Å². The molecule has 25 heavy (non-hydrogen) atoms. The second-order valence-electron chi connectivity index (χ2n) is 6.39. The van der Waals surface area contributed by atoms with Gasteiger partial charge in [0, 0.05) is 0 Å². The molecule has 7 heteroatoms.